The predicted molar refractivity (Wildman–Crippen MR) is 134 cm³/mol. The Morgan fingerprint density at radius 3 is 2.62 bits per heavy atom. The number of nitrogens with one attached hydrogen (secondary N) is 2. The van der Waals surface area contributed by atoms with Gasteiger partial charge in [-0.1, -0.05) is 12.1 Å². The number of piperidine rings is 1. The second kappa shape index (κ2) is 12.6. The molecule has 2 aliphatic heterocycles. The van der Waals surface area contributed by atoms with Crippen molar-refractivity contribution < 1.29 is 14.4 Å². The Kier molecular flexibility index (Phi) is 10.2. The Bertz CT molecular complexity index is 829. The van der Waals surface area contributed by atoms with Crippen molar-refractivity contribution in [1.82, 2.24) is 20.4 Å². The highest BCUT2D eigenvalue weighted by molar-refractivity contribution is 14.0. The zero-order valence-electron chi connectivity index (χ0n) is 18.5. The van der Waals surface area contributed by atoms with Crippen LogP contribution in [-0.4, -0.2) is 72.7 Å². The fourth-order valence-corrected chi connectivity index (χ4v) is 4.05. The molecular weight excluding hydrogens is 523 g/mol. The molecule has 2 saturated heterocycles. The van der Waals surface area contributed by atoms with Gasteiger partial charge in [0, 0.05) is 44.7 Å². The molecule has 9 nitrogen and oxygen atoms in total. The molecular formula is C22H33IN6O3. The highest BCUT2D eigenvalue weighted by Crippen LogP contribution is 2.19. The quantitative estimate of drug-likeness (QED) is 0.274. The number of nitrogens with zero attached hydrogens (tertiary/aromatic N) is 3. The molecule has 0 radical (unpaired) electrons. The second-order valence-corrected chi connectivity index (χ2v) is 8.07. The smallest absolute Gasteiger partial charge is 0.254 e. The van der Waals surface area contributed by atoms with Crippen LogP contribution in [0.1, 0.15) is 42.1 Å². The fraction of sp³-hybridized carbons (Fsp3) is 0.545. The fourth-order valence-electron chi connectivity index (χ4n) is 4.05. The van der Waals surface area contributed by atoms with Gasteiger partial charge >= 0.3 is 0 Å². The number of halogens is 1. The summed E-state index contributed by atoms with van der Waals surface area (Å²) in [5, 5.41) is 6.06. The van der Waals surface area contributed by atoms with Gasteiger partial charge in [-0.2, -0.15) is 0 Å². The van der Waals surface area contributed by atoms with E-state index in [4.69, 9.17) is 10.7 Å². The summed E-state index contributed by atoms with van der Waals surface area (Å²) in [6.07, 6.45) is 2.42. The summed E-state index contributed by atoms with van der Waals surface area (Å²) < 4.78 is 0. The zero-order chi connectivity index (χ0) is 22.2. The number of carbonyl (C=O) groups is 3. The van der Waals surface area contributed by atoms with Crippen molar-refractivity contribution >= 4 is 47.7 Å². The lowest BCUT2D eigenvalue weighted by atomic mass is 9.95. The zero-order valence-corrected chi connectivity index (χ0v) is 20.8. The third-order valence-corrected chi connectivity index (χ3v) is 5.58. The minimum atomic E-state index is -0.256. The van der Waals surface area contributed by atoms with Gasteiger partial charge in [-0.05, 0) is 43.4 Å². The van der Waals surface area contributed by atoms with Crippen LogP contribution in [0.2, 0.25) is 0 Å². The summed E-state index contributed by atoms with van der Waals surface area (Å²) >= 11 is 0. The molecule has 0 aliphatic carbocycles. The van der Waals surface area contributed by atoms with Crippen molar-refractivity contribution in [3.63, 3.8) is 0 Å². The van der Waals surface area contributed by atoms with Crippen LogP contribution in [0.5, 0.6) is 0 Å². The number of piperazine rings is 1. The van der Waals surface area contributed by atoms with Gasteiger partial charge in [-0.15, -0.1) is 24.0 Å². The normalized spacial score (nSPS) is 19.1. The summed E-state index contributed by atoms with van der Waals surface area (Å²) in [4.78, 5) is 43.9. The molecule has 0 saturated carbocycles. The maximum Gasteiger partial charge on any atom is 0.254 e. The number of primary amides is 1. The monoisotopic (exact) mass is 556 g/mol. The highest BCUT2D eigenvalue weighted by atomic mass is 127. The van der Waals surface area contributed by atoms with Crippen molar-refractivity contribution in [3.05, 3.63) is 35.4 Å². The highest BCUT2D eigenvalue weighted by Gasteiger charge is 2.24. The van der Waals surface area contributed by atoms with Gasteiger partial charge < -0.3 is 26.2 Å². The number of aliphatic imine (C=N–C) groups is 1. The van der Waals surface area contributed by atoms with Gasteiger partial charge in [0.25, 0.3) is 5.91 Å². The first-order valence-corrected chi connectivity index (χ1v) is 10.9. The Morgan fingerprint density at radius 1 is 1.22 bits per heavy atom. The molecule has 3 amide bonds. The minimum Gasteiger partial charge on any atom is -0.370 e. The van der Waals surface area contributed by atoms with E-state index in [0.29, 0.717) is 31.6 Å². The third kappa shape index (κ3) is 7.35. The first kappa shape index (κ1) is 25.9. The standard InChI is InChI=1S/C22H32N6O3.HI/c1-2-24-22(28-10-3-4-17(14-28)12-19(23)29)26-13-16-5-7-18(8-6-16)21(31)27-11-9-25-20(30)15-27;/h5-8,17H,2-4,9-15H2,1H3,(H2,23,29)(H,24,26)(H,25,30);1H. The van der Waals surface area contributed by atoms with Crippen LogP contribution in [0.15, 0.2) is 29.3 Å². The summed E-state index contributed by atoms with van der Waals surface area (Å²) in [7, 11) is 0. The number of benzene rings is 1. The van der Waals surface area contributed by atoms with E-state index < -0.39 is 0 Å². The molecule has 2 fully saturated rings. The van der Waals surface area contributed by atoms with Crippen LogP contribution in [0.3, 0.4) is 0 Å². The molecule has 1 atom stereocenters. The number of hydrogen-bond acceptors (Lipinski definition) is 4. The van der Waals surface area contributed by atoms with Crippen LogP contribution in [0.25, 0.3) is 0 Å². The van der Waals surface area contributed by atoms with Crippen molar-refractivity contribution in [2.75, 3.05) is 39.3 Å². The van der Waals surface area contributed by atoms with Crippen molar-refractivity contribution in [2.24, 2.45) is 16.6 Å². The van der Waals surface area contributed by atoms with E-state index in [9.17, 15) is 14.4 Å². The molecule has 0 bridgehead atoms. The number of carbonyl (C=O) groups excluding carboxylic acids is 3. The minimum absolute atomic E-state index is 0. The van der Waals surface area contributed by atoms with E-state index in [2.05, 4.69) is 15.5 Å². The van der Waals surface area contributed by atoms with E-state index in [0.717, 1.165) is 44.0 Å². The molecule has 0 aromatic heterocycles. The van der Waals surface area contributed by atoms with E-state index in [1.165, 1.54) is 0 Å². The first-order chi connectivity index (χ1) is 15.0. The van der Waals surface area contributed by atoms with E-state index in [-0.39, 0.29) is 54.2 Å². The van der Waals surface area contributed by atoms with Crippen molar-refractivity contribution in [3.8, 4) is 0 Å². The predicted octanol–water partition coefficient (Wildman–Crippen LogP) is 0.930. The summed E-state index contributed by atoms with van der Waals surface area (Å²) in [5.74, 6) is 0.575. The third-order valence-electron chi connectivity index (χ3n) is 5.58. The second-order valence-electron chi connectivity index (χ2n) is 8.07. The lowest BCUT2D eigenvalue weighted by Gasteiger charge is -2.34. The van der Waals surface area contributed by atoms with E-state index in [1.807, 2.05) is 19.1 Å². The molecule has 10 heteroatoms. The Balaban J connectivity index is 0.00000363. The average molecular weight is 556 g/mol. The Labute approximate surface area is 206 Å². The van der Waals surface area contributed by atoms with Gasteiger partial charge in [-0.3, -0.25) is 14.4 Å². The lowest BCUT2D eigenvalue weighted by molar-refractivity contribution is -0.123. The maximum absolute atomic E-state index is 12.6. The number of hydrogen-bond donors (Lipinski definition) is 3. The molecule has 2 aliphatic rings. The molecule has 32 heavy (non-hydrogen) atoms. The summed E-state index contributed by atoms with van der Waals surface area (Å²) in [6, 6.07) is 7.37. The summed E-state index contributed by atoms with van der Waals surface area (Å²) in [6.45, 7) is 6.05. The van der Waals surface area contributed by atoms with Crippen LogP contribution in [0, 0.1) is 5.92 Å². The van der Waals surface area contributed by atoms with Crippen molar-refractivity contribution in [2.45, 2.75) is 32.7 Å². The van der Waals surface area contributed by atoms with Crippen LogP contribution in [-0.2, 0) is 16.1 Å². The summed E-state index contributed by atoms with van der Waals surface area (Å²) in [5.41, 5.74) is 6.94. The molecule has 4 N–H and O–H groups in total. The van der Waals surface area contributed by atoms with Gasteiger partial charge in [-0.25, -0.2) is 4.99 Å². The van der Waals surface area contributed by atoms with E-state index in [1.54, 1.807) is 17.0 Å². The molecule has 1 aromatic rings. The number of amides is 3. The van der Waals surface area contributed by atoms with Crippen LogP contribution in [0.4, 0.5) is 0 Å². The van der Waals surface area contributed by atoms with Crippen LogP contribution >= 0.6 is 24.0 Å². The molecule has 176 valence electrons. The first-order valence-electron chi connectivity index (χ1n) is 10.9. The molecule has 1 unspecified atom stereocenters. The number of likely N-dealkylation sites (tertiary alicyclic amines) is 1. The van der Waals surface area contributed by atoms with Gasteiger partial charge in [0.1, 0.15) is 0 Å². The topological polar surface area (TPSA) is 120 Å². The molecule has 2 heterocycles. The van der Waals surface area contributed by atoms with E-state index >= 15 is 0 Å². The molecule has 3 rings (SSSR count). The van der Waals surface area contributed by atoms with Gasteiger partial charge in [0.2, 0.25) is 11.8 Å². The van der Waals surface area contributed by atoms with Crippen LogP contribution < -0.4 is 16.4 Å². The number of rotatable bonds is 6. The number of nitrogens with two attached hydrogens (primary N) is 1. The Morgan fingerprint density at radius 2 is 1.97 bits per heavy atom. The lowest BCUT2D eigenvalue weighted by Crippen LogP contribution is -2.49. The van der Waals surface area contributed by atoms with Gasteiger partial charge in [0.15, 0.2) is 5.96 Å². The molecule has 1 aromatic carbocycles. The SMILES string of the molecule is CCNC(=NCc1ccc(C(=O)N2CCNC(=O)C2)cc1)N1CCCC(CC(N)=O)C1.I. The number of guanidine groups is 1. The molecule has 0 spiro atoms. The van der Waals surface area contributed by atoms with Crippen molar-refractivity contribution in [1.29, 1.82) is 0 Å². The maximum atomic E-state index is 12.6. The van der Waals surface area contributed by atoms with Gasteiger partial charge in [0.05, 0.1) is 13.1 Å². The largest absolute Gasteiger partial charge is 0.370 e. The Hall–Kier alpha value is -2.37. The average Bonchev–Trinajstić information content (AvgIpc) is 2.76.